The van der Waals surface area contributed by atoms with Crippen molar-refractivity contribution in [1.82, 2.24) is 10.9 Å². The number of methoxy groups -OCH3 is 1. The molecule has 0 heterocycles. The average Bonchev–Trinajstić information content (AvgIpc) is 2.73. The molecule has 0 spiro atoms. The van der Waals surface area contributed by atoms with Gasteiger partial charge in [0.25, 0.3) is 11.8 Å². The van der Waals surface area contributed by atoms with Gasteiger partial charge in [0.05, 0.1) is 7.11 Å². The van der Waals surface area contributed by atoms with Gasteiger partial charge in [-0.2, -0.15) is 5.10 Å². The van der Waals surface area contributed by atoms with Crippen LogP contribution in [0.3, 0.4) is 0 Å². The molecule has 0 bridgehead atoms. The van der Waals surface area contributed by atoms with Crippen molar-refractivity contribution < 1.29 is 24.6 Å². The molecule has 0 aliphatic rings. The molecule has 0 radical (unpaired) electrons. The van der Waals surface area contributed by atoms with Crippen LogP contribution >= 0.6 is 0 Å². The number of benzene rings is 2. The van der Waals surface area contributed by atoms with Crippen molar-refractivity contribution in [2.45, 2.75) is 0 Å². The highest BCUT2D eigenvalue weighted by molar-refractivity contribution is 5.95. The number of hydroxylamine groups is 1. The first-order chi connectivity index (χ1) is 13.5. The number of hydrogen-bond donors (Lipinski definition) is 4. The predicted octanol–water partition coefficient (Wildman–Crippen LogP) is 2.35. The predicted molar refractivity (Wildman–Crippen MR) is 105 cm³/mol. The lowest BCUT2D eigenvalue weighted by molar-refractivity contribution is -0.124. The Kier molecular flexibility index (Phi) is 7.50. The molecule has 0 saturated carbocycles. The number of aromatic hydroxyl groups is 1. The number of carbonyl (C=O) groups is 2. The standard InChI is InChI=1S/C20H19N3O5/c1-28-18-13-15(6-10-17(18)24)3-2-12-21-22-20(26)16-8-4-14(5-9-16)7-11-19(25)23-27/h2-13,24,27H,1H3,(H,22,26)(H,23,25)/b3-2+,11-7+,21-12+. The second-order valence-electron chi connectivity index (χ2n) is 5.44. The van der Waals surface area contributed by atoms with Crippen LogP contribution in [0.2, 0.25) is 0 Å². The van der Waals surface area contributed by atoms with Gasteiger partial charge in [0.2, 0.25) is 0 Å². The van der Waals surface area contributed by atoms with Crippen molar-refractivity contribution in [2.75, 3.05) is 7.11 Å². The van der Waals surface area contributed by atoms with Crippen LogP contribution in [-0.4, -0.2) is 35.5 Å². The monoisotopic (exact) mass is 381 g/mol. The zero-order chi connectivity index (χ0) is 20.4. The van der Waals surface area contributed by atoms with Crippen LogP contribution in [0.1, 0.15) is 21.5 Å². The summed E-state index contributed by atoms with van der Waals surface area (Å²) in [5.41, 5.74) is 5.77. The molecule has 2 aromatic carbocycles. The fraction of sp³-hybridized carbons (Fsp3) is 0.0500. The summed E-state index contributed by atoms with van der Waals surface area (Å²) in [4.78, 5) is 22.9. The molecule has 2 amide bonds. The van der Waals surface area contributed by atoms with Gasteiger partial charge in [0.1, 0.15) is 0 Å². The molecule has 0 aliphatic carbocycles. The van der Waals surface area contributed by atoms with Gasteiger partial charge < -0.3 is 9.84 Å². The van der Waals surface area contributed by atoms with Gasteiger partial charge in [-0.3, -0.25) is 14.8 Å². The summed E-state index contributed by atoms with van der Waals surface area (Å²) >= 11 is 0. The maximum absolute atomic E-state index is 12.0. The minimum absolute atomic E-state index is 0.0544. The van der Waals surface area contributed by atoms with Crippen molar-refractivity contribution in [3.05, 3.63) is 71.3 Å². The van der Waals surface area contributed by atoms with E-state index in [9.17, 15) is 14.7 Å². The fourth-order valence-corrected chi connectivity index (χ4v) is 2.11. The Morgan fingerprint density at radius 1 is 1.07 bits per heavy atom. The third-order valence-electron chi connectivity index (χ3n) is 3.53. The number of nitrogens with one attached hydrogen (secondary N) is 2. The molecule has 0 saturated heterocycles. The lowest BCUT2D eigenvalue weighted by atomic mass is 10.1. The Morgan fingerprint density at radius 2 is 1.79 bits per heavy atom. The Bertz CT molecular complexity index is 918. The molecule has 2 rings (SSSR count). The highest BCUT2D eigenvalue weighted by Crippen LogP contribution is 2.26. The minimum atomic E-state index is -0.644. The van der Waals surface area contributed by atoms with Gasteiger partial charge in [-0.05, 0) is 47.5 Å². The number of phenolic OH excluding ortho intramolecular Hbond substituents is 1. The van der Waals surface area contributed by atoms with Gasteiger partial charge in [0, 0.05) is 17.9 Å². The molecule has 0 unspecified atom stereocenters. The summed E-state index contributed by atoms with van der Waals surface area (Å²) in [6, 6.07) is 11.4. The molecule has 8 heteroatoms. The molecule has 0 aromatic heterocycles. The van der Waals surface area contributed by atoms with Crippen molar-refractivity contribution >= 4 is 30.2 Å². The van der Waals surface area contributed by atoms with Crippen molar-refractivity contribution in [1.29, 1.82) is 0 Å². The number of phenols is 1. The highest BCUT2D eigenvalue weighted by atomic mass is 16.5. The Labute approximate surface area is 161 Å². The fourth-order valence-electron chi connectivity index (χ4n) is 2.11. The number of nitrogens with zero attached hydrogens (tertiary/aromatic N) is 1. The summed E-state index contributed by atoms with van der Waals surface area (Å²) in [7, 11) is 1.47. The van der Waals surface area contributed by atoms with Gasteiger partial charge in [-0.1, -0.05) is 24.3 Å². The van der Waals surface area contributed by atoms with Gasteiger partial charge in [0.15, 0.2) is 11.5 Å². The van der Waals surface area contributed by atoms with E-state index < -0.39 is 5.91 Å². The first-order valence-electron chi connectivity index (χ1n) is 8.13. The van der Waals surface area contributed by atoms with Crippen molar-refractivity contribution in [3.63, 3.8) is 0 Å². The summed E-state index contributed by atoms with van der Waals surface area (Å²) < 4.78 is 5.02. The van der Waals surface area contributed by atoms with E-state index in [1.165, 1.54) is 30.9 Å². The van der Waals surface area contributed by atoms with Crippen LogP contribution < -0.4 is 15.6 Å². The lowest BCUT2D eigenvalue weighted by Gasteiger charge is -2.03. The summed E-state index contributed by atoms with van der Waals surface area (Å²) in [5.74, 6) is -0.615. The molecule has 4 N–H and O–H groups in total. The first kappa shape index (κ1) is 20.4. The van der Waals surface area contributed by atoms with Crippen LogP contribution in [0.25, 0.3) is 12.2 Å². The van der Waals surface area contributed by atoms with E-state index in [4.69, 9.17) is 9.94 Å². The van der Waals surface area contributed by atoms with E-state index in [0.717, 1.165) is 11.6 Å². The molecule has 144 valence electrons. The molecule has 0 atom stereocenters. The van der Waals surface area contributed by atoms with E-state index in [2.05, 4.69) is 10.5 Å². The van der Waals surface area contributed by atoms with Gasteiger partial charge in [-0.25, -0.2) is 10.9 Å². The Balaban J connectivity index is 1.89. The Hall–Kier alpha value is -3.91. The van der Waals surface area contributed by atoms with Crippen LogP contribution in [0, 0.1) is 0 Å². The number of allylic oxidation sites excluding steroid dienone is 1. The van der Waals surface area contributed by atoms with E-state index in [1.54, 1.807) is 48.6 Å². The van der Waals surface area contributed by atoms with Crippen LogP contribution in [-0.2, 0) is 4.79 Å². The average molecular weight is 381 g/mol. The van der Waals surface area contributed by atoms with E-state index in [0.29, 0.717) is 16.9 Å². The third-order valence-corrected chi connectivity index (χ3v) is 3.53. The van der Waals surface area contributed by atoms with E-state index in [1.807, 2.05) is 0 Å². The second kappa shape index (κ2) is 10.3. The summed E-state index contributed by atoms with van der Waals surface area (Å²) in [6.07, 6.45) is 7.44. The summed E-state index contributed by atoms with van der Waals surface area (Å²) in [5, 5.41) is 21.8. The van der Waals surface area contributed by atoms with Crippen LogP contribution in [0.4, 0.5) is 0 Å². The minimum Gasteiger partial charge on any atom is -0.504 e. The smallest absolute Gasteiger partial charge is 0.271 e. The molecule has 8 nitrogen and oxygen atoms in total. The maximum atomic E-state index is 12.0. The number of hydrogen-bond acceptors (Lipinski definition) is 6. The van der Waals surface area contributed by atoms with Gasteiger partial charge in [-0.15, -0.1) is 0 Å². The topological polar surface area (TPSA) is 120 Å². The molecule has 28 heavy (non-hydrogen) atoms. The van der Waals surface area contributed by atoms with E-state index in [-0.39, 0.29) is 11.7 Å². The molecule has 2 aromatic rings. The highest BCUT2D eigenvalue weighted by Gasteiger charge is 2.03. The number of rotatable bonds is 7. The van der Waals surface area contributed by atoms with Gasteiger partial charge >= 0.3 is 0 Å². The largest absolute Gasteiger partial charge is 0.504 e. The second-order valence-corrected chi connectivity index (χ2v) is 5.44. The third kappa shape index (κ3) is 6.11. The molecule has 0 aliphatic heterocycles. The SMILES string of the molecule is COc1cc(/C=C/C=N/NC(=O)c2ccc(/C=C/C(=O)NO)cc2)ccc1O. The molecule has 0 fully saturated rings. The molecular formula is C20H19N3O5. The number of ether oxygens (including phenoxy) is 1. The number of amides is 2. The zero-order valence-corrected chi connectivity index (χ0v) is 15.0. The number of carbonyl (C=O) groups excluding carboxylic acids is 2. The van der Waals surface area contributed by atoms with Crippen LogP contribution in [0.15, 0.2) is 59.7 Å². The first-order valence-corrected chi connectivity index (χ1v) is 8.13. The molecular weight excluding hydrogens is 362 g/mol. The quantitative estimate of drug-likeness (QED) is 0.254. The van der Waals surface area contributed by atoms with Crippen LogP contribution in [0.5, 0.6) is 11.5 Å². The Morgan fingerprint density at radius 3 is 2.46 bits per heavy atom. The van der Waals surface area contributed by atoms with Crippen molar-refractivity contribution in [2.24, 2.45) is 5.10 Å². The summed E-state index contributed by atoms with van der Waals surface area (Å²) in [6.45, 7) is 0. The normalized spacial score (nSPS) is 11.2. The number of hydrazone groups is 1. The zero-order valence-electron chi connectivity index (χ0n) is 15.0. The van der Waals surface area contributed by atoms with Crippen molar-refractivity contribution in [3.8, 4) is 11.5 Å². The maximum Gasteiger partial charge on any atom is 0.271 e. The lowest BCUT2D eigenvalue weighted by Crippen LogP contribution is -2.17. The van der Waals surface area contributed by atoms with E-state index >= 15 is 0 Å².